The van der Waals surface area contributed by atoms with Crippen molar-refractivity contribution in [1.82, 2.24) is 10.6 Å². The lowest BCUT2D eigenvalue weighted by Gasteiger charge is -2.24. The average molecular weight is 469 g/mol. The Morgan fingerprint density at radius 2 is 1.56 bits per heavy atom. The summed E-state index contributed by atoms with van der Waals surface area (Å²) in [6.45, 7) is 4.32. The van der Waals surface area contributed by atoms with Crippen molar-refractivity contribution in [3.63, 3.8) is 0 Å². The Balaban J connectivity index is 1.40. The van der Waals surface area contributed by atoms with Crippen LogP contribution in [0.4, 0.5) is 4.79 Å². The first-order chi connectivity index (χ1) is 16.2. The highest BCUT2D eigenvalue weighted by Gasteiger charge is 2.29. The van der Waals surface area contributed by atoms with Crippen LogP contribution < -0.4 is 10.6 Å². The number of carboxylic acids is 1. The zero-order valence-corrected chi connectivity index (χ0v) is 19.5. The van der Waals surface area contributed by atoms with Crippen LogP contribution in [0.25, 0.3) is 11.1 Å². The number of aliphatic carboxylic acids is 1. The van der Waals surface area contributed by atoms with Gasteiger partial charge in [-0.3, -0.25) is 4.79 Å². The van der Waals surface area contributed by atoms with Gasteiger partial charge in [-0.2, -0.15) is 0 Å². The maximum atomic E-state index is 12.3. The number of aliphatic hydroxyl groups is 1. The summed E-state index contributed by atoms with van der Waals surface area (Å²) in [5.74, 6) is -1.69. The molecule has 2 aromatic rings. The fourth-order valence-corrected chi connectivity index (χ4v) is 4.12. The fraction of sp³-hybridized carbons (Fsp3) is 0.423. The summed E-state index contributed by atoms with van der Waals surface area (Å²) in [7, 11) is 0. The summed E-state index contributed by atoms with van der Waals surface area (Å²) in [6, 6.07) is 16.3. The topological polar surface area (TPSA) is 125 Å². The molecule has 1 atom stereocenters. The smallest absolute Gasteiger partial charge is 0.407 e. The first-order valence-electron chi connectivity index (χ1n) is 11.4. The minimum absolute atomic E-state index is 0.00717. The minimum atomic E-state index is -1.61. The van der Waals surface area contributed by atoms with Gasteiger partial charge in [-0.15, -0.1) is 0 Å². The third-order valence-electron chi connectivity index (χ3n) is 6.22. The van der Waals surface area contributed by atoms with Gasteiger partial charge in [-0.1, -0.05) is 62.4 Å². The molecule has 1 unspecified atom stereocenters. The van der Waals surface area contributed by atoms with Gasteiger partial charge in [-0.05, 0) is 40.5 Å². The highest BCUT2D eigenvalue weighted by molar-refractivity contribution is 5.79. The van der Waals surface area contributed by atoms with Crippen LogP contribution in [0, 0.1) is 5.41 Å². The van der Waals surface area contributed by atoms with E-state index in [-0.39, 0.29) is 36.8 Å². The quantitative estimate of drug-likeness (QED) is 0.401. The van der Waals surface area contributed by atoms with Crippen molar-refractivity contribution in [1.29, 1.82) is 0 Å². The molecule has 1 aliphatic rings. The highest BCUT2D eigenvalue weighted by Crippen LogP contribution is 2.44. The lowest BCUT2D eigenvalue weighted by molar-refractivity contribution is -0.146. The van der Waals surface area contributed by atoms with Crippen LogP contribution in [0.5, 0.6) is 0 Å². The molecule has 8 heteroatoms. The number of hydrogen-bond acceptors (Lipinski definition) is 5. The summed E-state index contributed by atoms with van der Waals surface area (Å²) in [4.78, 5) is 34.8. The Morgan fingerprint density at radius 3 is 2.15 bits per heavy atom. The molecule has 2 amide bonds. The standard InChI is InChI=1S/C26H32N2O6/c1-26(2,12-11-23(30)28-15-22(29)24(31)32)13-14-27-25(33)34-16-21-19-9-5-3-7-17(19)18-8-4-6-10-20(18)21/h3-10,21-22,29H,11-16H2,1-2H3,(H,27,33)(H,28,30)(H,31,32). The molecule has 1 aliphatic carbocycles. The molecular formula is C26H32N2O6. The second-order valence-corrected chi connectivity index (χ2v) is 9.32. The van der Waals surface area contributed by atoms with E-state index in [1.165, 1.54) is 11.1 Å². The number of carbonyl (C=O) groups is 3. The van der Waals surface area contributed by atoms with Gasteiger partial charge < -0.3 is 25.6 Å². The van der Waals surface area contributed by atoms with Crippen LogP contribution in [-0.4, -0.2) is 54.0 Å². The molecule has 182 valence electrons. The van der Waals surface area contributed by atoms with Crippen molar-refractivity contribution in [2.75, 3.05) is 19.7 Å². The van der Waals surface area contributed by atoms with E-state index >= 15 is 0 Å². The fourth-order valence-electron chi connectivity index (χ4n) is 4.12. The molecule has 0 aliphatic heterocycles. The number of nitrogens with one attached hydrogen (secondary N) is 2. The summed E-state index contributed by atoms with van der Waals surface area (Å²) in [5, 5.41) is 23.1. The molecule has 0 saturated heterocycles. The highest BCUT2D eigenvalue weighted by atomic mass is 16.5. The summed E-state index contributed by atoms with van der Waals surface area (Å²) < 4.78 is 5.54. The summed E-state index contributed by atoms with van der Waals surface area (Å²) in [5.41, 5.74) is 4.45. The Morgan fingerprint density at radius 1 is 0.971 bits per heavy atom. The van der Waals surface area contributed by atoms with Crippen LogP contribution in [0.1, 0.15) is 50.2 Å². The van der Waals surface area contributed by atoms with Crippen molar-refractivity contribution in [3.05, 3.63) is 59.7 Å². The van der Waals surface area contributed by atoms with Gasteiger partial charge in [0, 0.05) is 18.9 Å². The van der Waals surface area contributed by atoms with E-state index < -0.39 is 18.2 Å². The first-order valence-corrected chi connectivity index (χ1v) is 11.4. The molecule has 2 aromatic carbocycles. The molecule has 0 saturated carbocycles. The number of ether oxygens (including phenoxy) is 1. The van der Waals surface area contributed by atoms with Crippen LogP contribution in [0.2, 0.25) is 0 Å². The van der Waals surface area contributed by atoms with Gasteiger partial charge >= 0.3 is 12.1 Å². The number of fused-ring (bicyclic) bond motifs is 3. The van der Waals surface area contributed by atoms with Crippen molar-refractivity contribution in [2.24, 2.45) is 5.41 Å². The number of hydrogen-bond donors (Lipinski definition) is 4. The van der Waals surface area contributed by atoms with Crippen LogP contribution in [0.3, 0.4) is 0 Å². The van der Waals surface area contributed by atoms with E-state index in [0.717, 1.165) is 11.1 Å². The first kappa shape index (κ1) is 25.2. The molecular weight excluding hydrogens is 436 g/mol. The van der Waals surface area contributed by atoms with Gasteiger partial charge in [0.1, 0.15) is 6.61 Å². The Kier molecular flexibility index (Phi) is 8.28. The monoisotopic (exact) mass is 468 g/mol. The maximum Gasteiger partial charge on any atom is 0.407 e. The number of aliphatic hydroxyl groups excluding tert-OH is 1. The van der Waals surface area contributed by atoms with E-state index in [0.29, 0.717) is 19.4 Å². The predicted octanol–water partition coefficient (Wildman–Crippen LogP) is 3.28. The van der Waals surface area contributed by atoms with E-state index in [4.69, 9.17) is 9.84 Å². The number of carbonyl (C=O) groups excluding carboxylic acids is 2. The molecule has 0 fully saturated rings. The van der Waals surface area contributed by atoms with Crippen LogP contribution in [-0.2, 0) is 14.3 Å². The second kappa shape index (κ2) is 11.2. The van der Waals surface area contributed by atoms with Gasteiger partial charge in [-0.25, -0.2) is 9.59 Å². The van der Waals surface area contributed by atoms with Crippen molar-refractivity contribution in [2.45, 2.75) is 45.1 Å². The molecule has 0 aromatic heterocycles. The van der Waals surface area contributed by atoms with Gasteiger partial charge in [0.05, 0.1) is 6.54 Å². The number of rotatable bonds is 11. The zero-order chi connectivity index (χ0) is 24.7. The molecule has 4 N–H and O–H groups in total. The molecule has 0 bridgehead atoms. The molecule has 0 heterocycles. The van der Waals surface area contributed by atoms with Crippen molar-refractivity contribution >= 4 is 18.0 Å². The average Bonchev–Trinajstić information content (AvgIpc) is 3.13. The van der Waals surface area contributed by atoms with E-state index in [9.17, 15) is 19.5 Å². The minimum Gasteiger partial charge on any atom is -0.479 e. The van der Waals surface area contributed by atoms with E-state index in [2.05, 4.69) is 34.9 Å². The molecule has 0 spiro atoms. The summed E-state index contributed by atoms with van der Waals surface area (Å²) >= 11 is 0. The number of amides is 2. The van der Waals surface area contributed by atoms with Gasteiger partial charge in [0.25, 0.3) is 0 Å². The van der Waals surface area contributed by atoms with Crippen LogP contribution >= 0.6 is 0 Å². The largest absolute Gasteiger partial charge is 0.479 e. The SMILES string of the molecule is CC(C)(CCNC(=O)OCC1c2ccccc2-c2ccccc21)CCC(=O)NCC(O)C(=O)O. The molecule has 8 nitrogen and oxygen atoms in total. The van der Waals surface area contributed by atoms with Crippen LogP contribution in [0.15, 0.2) is 48.5 Å². The second-order valence-electron chi connectivity index (χ2n) is 9.32. The van der Waals surface area contributed by atoms with Gasteiger partial charge in [0.2, 0.25) is 5.91 Å². The Labute approximate surface area is 199 Å². The predicted molar refractivity (Wildman–Crippen MR) is 127 cm³/mol. The normalized spacial score (nSPS) is 13.5. The lowest BCUT2D eigenvalue weighted by Crippen LogP contribution is -2.37. The van der Waals surface area contributed by atoms with E-state index in [1.807, 2.05) is 38.1 Å². The van der Waals surface area contributed by atoms with E-state index in [1.54, 1.807) is 0 Å². The third kappa shape index (κ3) is 6.57. The molecule has 0 radical (unpaired) electrons. The zero-order valence-electron chi connectivity index (χ0n) is 19.5. The Bertz CT molecular complexity index is 990. The number of benzene rings is 2. The van der Waals surface area contributed by atoms with Crippen molar-refractivity contribution < 1.29 is 29.3 Å². The third-order valence-corrected chi connectivity index (χ3v) is 6.22. The lowest BCUT2D eigenvalue weighted by atomic mass is 9.84. The Hall–Kier alpha value is -3.39. The molecule has 3 rings (SSSR count). The number of alkyl carbamates (subject to hydrolysis) is 1. The summed E-state index contributed by atoms with van der Waals surface area (Å²) in [6.07, 6.45) is -0.697. The van der Waals surface area contributed by atoms with Gasteiger partial charge in [0.15, 0.2) is 6.10 Å². The van der Waals surface area contributed by atoms with Crippen molar-refractivity contribution in [3.8, 4) is 11.1 Å². The number of carboxylic acid groups (broad SMARTS) is 1. The maximum absolute atomic E-state index is 12.3. The molecule has 34 heavy (non-hydrogen) atoms.